The zero-order valence-corrected chi connectivity index (χ0v) is 25.1. The van der Waals surface area contributed by atoms with Gasteiger partial charge >= 0.3 is 11.8 Å². The molecule has 5 aromatic rings. The van der Waals surface area contributed by atoms with Crippen molar-refractivity contribution < 1.29 is 19.1 Å². The first-order valence-electron chi connectivity index (χ1n) is 13.6. The second-order valence-corrected chi connectivity index (χ2v) is 10.2. The first-order valence-corrected chi connectivity index (χ1v) is 14.4. The van der Waals surface area contributed by atoms with Gasteiger partial charge in [-0.2, -0.15) is 10.2 Å². The molecule has 0 spiro atoms. The van der Waals surface area contributed by atoms with Gasteiger partial charge in [-0.1, -0.05) is 58.4 Å². The van der Waals surface area contributed by atoms with Crippen molar-refractivity contribution in [3.63, 3.8) is 0 Å². The van der Waals surface area contributed by atoms with Crippen LogP contribution in [0.2, 0.25) is 0 Å². The molecule has 3 N–H and O–H groups in total. The number of ether oxygens (including phenoxy) is 1. The fourth-order valence-corrected chi connectivity index (χ4v) is 4.47. The van der Waals surface area contributed by atoms with Crippen LogP contribution in [0, 0.1) is 0 Å². The first-order chi connectivity index (χ1) is 21.4. The van der Waals surface area contributed by atoms with Gasteiger partial charge in [-0.15, -0.1) is 0 Å². The van der Waals surface area contributed by atoms with E-state index in [9.17, 15) is 14.4 Å². The van der Waals surface area contributed by atoms with Crippen molar-refractivity contribution in [2.75, 3.05) is 17.2 Å². The minimum Gasteiger partial charge on any atom is -0.494 e. The summed E-state index contributed by atoms with van der Waals surface area (Å²) >= 11 is 3.44. The van der Waals surface area contributed by atoms with Crippen LogP contribution in [-0.4, -0.2) is 40.3 Å². The van der Waals surface area contributed by atoms with Gasteiger partial charge in [0.15, 0.2) is 0 Å². The molecule has 3 amide bonds. The predicted octanol–water partition coefficient (Wildman–Crippen LogP) is 6.04. The van der Waals surface area contributed by atoms with Crippen molar-refractivity contribution in [2.24, 2.45) is 5.10 Å². The molecule has 11 heteroatoms. The molecular formula is C33H27BrN6O4. The third kappa shape index (κ3) is 7.44. The number of hydrogen-bond donors (Lipinski definition) is 3. The molecule has 0 atom stereocenters. The highest BCUT2D eigenvalue weighted by Crippen LogP contribution is 2.25. The quantitative estimate of drug-likeness (QED) is 0.102. The highest BCUT2D eigenvalue weighted by atomic mass is 79.9. The van der Waals surface area contributed by atoms with Crippen molar-refractivity contribution in [2.45, 2.75) is 6.92 Å². The molecular weight excluding hydrogens is 624 g/mol. The molecule has 1 heterocycles. The summed E-state index contributed by atoms with van der Waals surface area (Å²) in [5, 5.41) is 14.0. The van der Waals surface area contributed by atoms with Crippen molar-refractivity contribution in [1.29, 1.82) is 0 Å². The van der Waals surface area contributed by atoms with Gasteiger partial charge in [0.05, 0.1) is 29.8 Å². The second kappa shape index (κ2) is 14.1. The first kappa shape index (κ1) is 29.9. The van der Waals surface area contributed by atoms with Crippen LogP contribution >= 0.6 is 15.9 Å². The summed E-state index contributed by atoms with van der Waals surface area (Å²) in [5.41, 5.74) is 6.09. The second-order valence-electron chi connectivity index (χ2n) is 9.33. The molecule has 0 aliphatic heterocycles. The van der Waals surface area contributed by atoms with E-state index < -0.39 is 17.7 Å². The fourth-order valence-electron chi connectivity index (χ4n) is 4.21. The summed E-state index contributed by atoms with van der Waals surface area (Å²) in [5.74, 6) is -1.78. The average molecular weight is 652 g/mol. The molecule has 0 unspecified atom stereocenters. The Balaban J connectivity index is 1.27. The Hall–Kier alpha value is -5.55. The highest BCUT2D eigenvalue weighted by molar-refractivity contribution is 9.10. The lowest BCUT2D eigenvalue weighted by Crippen LogP contribution is -2.33. The number of benzene rings is 4. The standard InChI is InChI=1S/C33H27BrN6O4/c1-2-44-27-18-16-25(17-19-27)36-31(41)28-10-6-7-11-29(28)37-32(42)33(43)38-35-20-23-21-40(26-8-4-3-5-9-26)39-30(23)22-12-14-24(34)15-13-22/h3-21H,2H2,1H3,(H,36,41)(H,37,42)(H,38,43)/b35-20+. The number of aromatic nitrogens is 2. The lowest BCUT2D eigenvalue weighted by molar-refractivity contribution is -0.136. The van der Waals surface area contributed by atoms with Gasteiger partial charge in [-0.3, -0.25) is 14.4 Å². The largest absolute Gasteiger partial charge is 0.494 e. The molecule has 0 fully saturated rings. The van der Waals surface area contributed by atoms with Crippen molar-refractivity contribution in [1.82, 2.24) is 15.2 Å². The summed E-state index contributed by atoms with van der Waals surface area (Å²) in [6, 6.07) is 30.5. The molecule has 0 aliphatic rings. The number of halogens is 1. The maximum absolute atomic E-state index is 13.0. The Morgan fingerprint density at radius 1 is 0.864 bits per heavy atom. The van der Waals surface area contributed by atoms with Crippen molar-refractivity contribution >= 4 is 51.2 Å². The lowest BCUT2D eigenvalue weighted by Gasteiger charge is -2.11. The Bertz CT molecular complexity index is 1800. The van der Waals surface area contributed by atoms with E-state index in [0.717, 1.165) is 15.7 Å². The van der Waals surface area contributed by atoms with Crippen LogP contribution in [0.25, 0.3) is 16.9 Å². The van der Waals surface area contributed by atoms with E-state index in [2.05, 4.69) is 37.1 Å². The minimum atomic E-state index is -1.01. The summed E-state index contributed by atoms with van der Waals surface area (Å²) < 4.78 is 8.06. The zero-order chi connectivity index (χ0) is 30.9. The molecule has 1 aromatic heterocycles. The Kier molecular flexibility index (Phi) is 9.57. The SMILES string of the molecule is CCOc1ccc(NC(=O)c2ccccc2NC(=O)C(=O)N/N=C/c2cn(-c3ccccc3)nc2-c2ccc(Br)cc2)cc1. The molecule has 5 rings (SSSR count). The number of rotatable bonds is 9. The van der Waals surface area contributed by atoms with Gasteiger partial charge in [0.2, 0.25) is 0 Å². The number of para-hydroxylation sites is 2. The molecule has 10 nitrogen and oxygen atoms in total. The predicted molar refractivity (Wildman–Crippen MR) is 173 cm³/mol. The van der Waals surface area contributed by atoms with E-state index in [-0.39, 0.29) is 11.3 Å². The number of amides is 3. The number of nitrogens with one attached hydrogen (secondary N) is 3. The van der Waals surface area contributed by atoms with E-state index in [1.807, 2.05) is 61.5 Å². The van der Waals surface area contributed by atoms with Crippen LogP contribution in [0.15, 0.2) is 119 Å². The van der Waals surface area contributed by atoms with Crippen LogP contribution in [0.5, 0.6) is 5.75 Å². The monoisotopic (exact) mass is 650 g/mol. The smallest absolute Gasteiger partial charge is 0.329 e. The molecule has 0 radical (unpaired) electrons. The molecule has 220 valence electrons. The van der Waals surface area contributed by atoms with Crippen LogP contribution in [0.1, 0.15) is 22.8 Å². The lowest BCUT2D eigenvalue weighted by atomic mass is 10.1. The molecule has 0 saturated carbocycles. The van der Waals surface area contributed by atoms with Crippen LogP contribution in [-0.2, 0) is 9.59 Å². The van der Waals surface area contributed by atoms with E-state index in [4.69, 9.17) is 9.84 Å². The van der Waals surface area contributed by atoms with Gasteiger partial charge in [0.25, 0.3) is 5.91 Å². The van der Waals surface area contributed by atoms with Gasteiger partial charge in [0, 0.05) is 27.5 Å². The molecule has 4 aromatic carbocycles. The number of anilines is 2. The summed E-state index contributed by atoms with van der Waals surface area (Å²) in [6.07, 6.45) is 3.20. The van der Waals surface area contributed by atoms with Crippen LogP contribution in [0.3, 0.4) is 0 Å². The van der Waals surface area contributed by atoms with E-state index in [1.54, 1.807) is 53.3 Å². The Morgan fingerprint density at radius 2 is 1.57 bits per heavy atom. The maximum Gasteiger partial charge on any atom is 0.329 e. The van der Waals surface area contributed by atoms with Crippen molar-refractivity contribution in [3.05, 3.63) is 125 Å². The third-order valence-electron chi connectivity index (χ3n) is 6.30. The molecule has 0 saturated heterocycles. The number of hydrogen-bond acceptors (Lipinski definition) is 6. The maximum atomic E-state index is 13.0. The van der Waals surface area contributed by atoms with Gasteiger partial charge in [-0.25, -0.2) is 10.1 Å². The number of hydrazone groups is 1. The van der Waals surface area contributed by atoms with Crippen LogP contribution in [0.4, 0.5) is 11.4 Å². The molecule has 44 heavy (non-hydrogen) atoms. The summed E-state index contributed by atoms with van der Waals surface area (Å²) in [6.45, 7) is 2.42. The summed E-state index contributed by atoms with van der Waals surface area (Å²) in [4.78, 5) is 38.3. The number of carbonyl (C=O) groups excluding carboxylic acids is 3. The number of nitrogens with zero attached hydrogens (tertiary/aromatic N) is 3. The van der Waals surface area contributed by atoms with Gasteiger partial charge in [-0.05, 0) is 67.6 Å². The Labute approximate surface area is 261 Å². The van der Waals surface area contributed by atoms with E-state index in [0.29, 0.717) is 29.3 Å². The van der Waals surface area contributed by atoms with Crippen LogP contribution < -0.4 is 20.8 Å². The van der Waals surface area contributed by atoms with Gasteiger partial charge < -0.3 is 15.4 Å². The molecule has 0 bridgehead atoms. The zero-order valence-electron chi connectivity index (χ0n) is 23.5. The van der Waals surface area contributed by atoms with E-state index in [1.165, 1.54) is 12.3 Å². The van der Waals surface area contributed by atoms with E-state index >= 15 is 0 Å². The Morgan fingerprint density at radius 3 is 2.30 bits per heavy atom. The third-order valence-corrected chi connectivity index (χ3v) is 6.83. The van der Waals surface area contributed by atoms with Crippen molar-refractivity contribution in [3.8, 4) is 22.7 Å². The van der Waals surface area contributed by atoms with Gasteiger partial charge in [0.1, 0.15) is 11.4 Å². The molecule has 0 aliphatic carbocycles. The number of carbonyl (C=O) groups is 3. The highest BCUT2D eigenvalue weighted by Gasteiger charge is 2.18. The minimum absolute atomic E-state index is 0.168. The fraction of sp³-hybridized carbons (Fsp3) is 0.0606. The summed E-state index contributed by atoms with van der Waals surface area (Å²) in [7, 11) is 0. The normalized spacial score (nSPS) is 10.8. The topological polar surface area (TPSA) is 127 Å². The average Bonchev–Trinajstić information content (AvgIpc) is 3.47.